The zero-order valence-electron chi connectivity index (χ0n) is 66.3. The van der Waals surface area contributed by atoms with Gasteiger partial charge in [0.2, 0.25) is 0 Å². The largest absolute Gasteiger partial charge is 0.472 e. The summed E-state index contributed by atoms with van der Waals surface area (Å²) in [6, 6.07) is 0. The van der Waals surface area contributed by atoms with Gasteiger partial charge in [-0.3, -0.25) is 37.3 Å². The molecule has 106 heavy (non-hydrogen) atoms. The Bertz CT molecular complexity index is 2580. The van der Waals surface area contributed by atoms with Crippen molar-refractivity contribution in [3.05, 3.63) is 146 Å². The van der Waals surface area contributed by atoms with E-state index in [9.17, 15) is 43.2 Å². The van der Waals surface area contributed by atoms with Crippen molar-refractivity contribution in [2.45, 2.75) is 341 Å². The summed E-state index contributed by atoms with van der Waals surface area (Å²) in [7, 11) is -10.0. The molecule has 0 saturated carbocycles. The Balaban J connectivity index is 5.50. The van der Waals surface area contributed by atoms with Crippen molar-refractivity contribution in [2.24, 2.45) is 0 Å². The van der Waals surface area contributed by atoms with Crippen molar-refractivity contribution in [1.29, 1.82) is 0 Å². The number of hydrogen-bond acceptors (Lipinski definition) is 15. The topological polar surface area (TPSA) is 237 Å². The second-order valence-electron chi connectivity index (χ2n) is 27.0. The fourth-order valence-corrected chi connectivity index (χ4v) is 12.0. The first kappa shape index (κ1) is 101. The molecule has 3 N–H and O–H groups in total. The number of aliphatic hydroxyl groups is 1. The van der Waals surface area contributed by atoms with Crippen LogP contribution in [-0.2, 0) is 65.4 Å². The second kappa shape index (κ2) is 78.1. The molecule has 0 radical (unpaired) electrons. The van der Waals surface area contributed by atoms with Crippen LogP contribution in [-0.4, -0.2) is 96.7 Å². The number of aliphatic hydroxyl groups excluding tert-OH is 1. The molecule has 0 aromatic carbocycles. The number of allylic oxidation sites excluding steroid dienone is 24. The quantitative estimate of drug-likeness (QED) is 0.0169. The van der Waals surface area contributed by atoms with Gasteiger partial charge in [-0.15, -0.1) is 0 Å². The summed E-state index contributed by atoms with van der Waals surface area (Å²) in [5.41, 5.74) is 0. The highest BCUT2D eigenvalue weighted by Crippen LogP contribution is 2.45. The summed E-state index contributed by atoms with van der Waals surface area (Å²) >= 11 is 0. The Hall–Kier alpha value is -5.06. The maximum atomic E-state index is 13.1. The Kier molecular flexibility index (Phi) is 74.3. The summed E-state index contributed by atoms with van der Waals surface area (Å²) in [6.07, 6.45) is 89.9. The van der Waals surface area contributed by atoms with Gasteiger partial charge in [-0.1, -0.05) is 289 Å². The lowest BCUT2D eigenvalue weighted by Crippen LogP contribution is -2.30. The molecule has 0 spiro atoms. The Morgan fingerprint density at radius 1 is 0.264 bits per heavy atom. The van der Waals surface area contributed by atoms with E-state index in [0.717, 1.165) is 141 Å². The number of rotatable bonds is 76. The van der Waals surface area contributed by atoms with Crippen LogP contribution in [0.3, 0.4) is 0 Å². The van der Waals surface area contributed by atoms with Crippen LogP contribution in [0.4, 0.5) is 0 Å². The molecule has 0 fully saturated rings. The van der Waals surface area contributed by atoms with Crippen LogP contribution in [0, 0.1) is 0 Å². The highest BCUT2D eigenvalue weighted by atomic mass is 31.2. The van der Waals surface area contributed by atoms with E-state index >= 15 is 0 Å². The molecule has 0 saturated heterocycles. The number of phosphoric acid groups is 2. The monoisotopic (exact) mass is 1530 g/mol. The van der Waals surface area contributed by atoms with E-state index in [-0.39, 0.29) is 25.7 Å². The first-order chi connectivity index (χ1) is 51.7. The van der Waals surface area contributed by atoms with Crippen LogP contribution < -0.4 is 0 Å². The number of ether oxygens (including phenoxy) is 4. The number of hydrogen-bond donors (Lipinski definition) is 3. The van der Waals surface area contributed by atoms with Gasteiger partial charge in [0.1, 0.15) is 19.3 Å². The van der Waals surface area contributed by atoms with E-state index in [0.29, 0.717) is 38.5 Å². The molecule has 0 aromatic heterocycles. The fourth-order valence-electron chi connectivity index (χ4n) is 10.5. The summed E-state index contributed by atoms with van der Waals surface area (Å²) in [5, 5.41) is 10.6. The molecule has 0 aromatic rings. The SMILES string of the molecule is CCCCC/C=C\C/C=C\C/C=C\C/C=C\C/C=C\CCC(=O)OC[C@H](COP(=O)(O)OC[C@@H](O)COP(=O)(O)OC[C@@H](COC(=O)CCCCCCC/C=C\CCCCCC)OC(=O)CC/C=C\C/C=C\C/C=C\C/C=C\C/C=C\CCCCC)OC(=O)CCCCCCCCC/C=C\CCCCCC. The normalized spacial score (nSPS) is 14.6. The molecule has 5 atom stereocenters. The molecule has 0 aliphatic heterocycles. The minimum Gasteiger partial charge on any atom is -0.462 e. The van der Waals surface area contributed by atoms with Crippen LogP contribution in [0.5, 0.6) is 0 Å². The highest BCUT2D eigenvalue weighted by molar-refractivity contribution is 7.47. The van der Waals surface area contributed by atoms with Gasteiger partial charge in [0.15, 0.2) is 12.2 Å². The molecule has 0 aliphatic carbocycles. The third-order valence-electron chi connectivity index (χ3n) is 16.8. The van der Waals surface area contributed by atoms with E-state index in [4.69, 9.17) is 37.0 Å². The number of unbranched alkanes of at least 4 members (excludes halogenated alkanes) is 26. The lowest BCUT2D eigenvalue weighted by Gasteiger charge is -2.21. The molecule has 2 unspecified atom stereocenters. The summed E-state index contributed by atoms with van der Waals surface area (Å²) in [5.74, 6) is -2.38. The van der Waals surface area contributed by atoms with Gasteiger partial charge in [-0.05, 0) is 154 Å². The summed E-state index contributed by atoms with van der Waals surface area (Å²) in [4.78, 5) is 73.0. The van der Waals surface area contributed by atoms with E-state index in [1.165, 1.54) is 89.9 Å². The summed E-state index contributed by atoms with van der Waals surface area (Å²) in [6.45, 7) is 4.62. The number of esters is 4. The predicted molar refractivity (Wildman–Crippen MR) is 436 cm³/mol. The molecular formula is C87H146O17P2. The minimum absolute atomic E-state index is 0.0324. The lowest BCUT2D eigenvalue weighted by atomic mass is 10.1. The lowest BCUT2D eigenvalue weighted by molar-refractivity contribution is -0.161. The second-order valence-corrected chi connectivity index (χ2v) is 29.9. The van der Waals surface area contributed by atoms with Crippen LogP contribution in [0.25, 0.3) is 0 Å². The molecular weight excluding hydrogens is 1380 g/mol. The third-order valence-corrected chi connectivity index (χ3v) is 18.7. The Morgan fingerprint density at radius 2 is 0.481 bits per heavy atom. The first-order valence-electron chi connectivity index (χ1n) is 41.1. The zero-order valence-corrected chi connectivity index (χ0v) is 68.1. The van der Waals surface area contributed by atoms with Gasteiger partial charge in [0.25, 0.3) is 0 Å². The number of phosphoric ester groups is 2. The average molecular weight is 1530 g/mol. The van der Waals surface area contributed by atoms with Crippen LogP contribution >= 0.6 is 15.6 Å². The third kappa shape index (κ3) is 77.1. The van der Waals surface area contributed by atoms with Gasteiger partial charge in [0.05, 0.1) is 26.4 Å². The van der Waals surface area contributed by atoms with Gasteiger partial charge in [-0.2, -0.15) is 0 Å². The molecule has 0 heterocycles. The van der Waals surface area contributed by atoms with Gasteiger partial charge >= 0.3 is 39.5 Å². The average Bonchev–Trinajstić information content (AvgIpc) is 0.902. The van der Waals surface area contributed by atoms with Gasteiger partial charge in [0, 0.05) is 25.7 Å². The van der Waals surface area contributed by atoms with Crippen LogP contribution in [0.15, 0.2) is 146 Å². The highest BCUT2D eigenvalue weighted by Gasteiger charge is 2.30. The fraction of sp³-hybridized carbons (Fsp3) is 0.678. The van der Waals surface area contributed by atoms with Crippen LogP contribution in [0.1, 0.15) is 323 Å². The van der Waals surface area contributed by atoms with E-state index in [2.05, 4.69) is 143 Å². The van der Waals surface area contributed by atoms with Gasteiger partial charge in [-0.25, -0.2) is 9.13 Å². The molecule has 0 rings (SSSR count). The first-order valence-corrected chi connectivity index (χ1v) is 44.1. The summed E-state index contributed by atoms with van der Waals surface area (Å²) < 4.78 is 68.5. The van der Waals surface area contributed by atoms with E-state index in [1.807, 2.05) is 30.4 Å². The Morgan fingerprint density at radius 3 is 0.811 bits per heavy atom. The molecule has 17 nitrogen and oxygen atoms in total. The van der Waals surface area contributed by atoms with Crippen molar-refractivity contribution in [3.63, 3.8) is 0 Å². The maximum Gasteiger partial charge on any atom is 0.472 e. The molecule has 0 bridgehead atoms. The van der Waals surface area contributed by atoms with Crippen molar-refractivity contribution in [2.75, 3.05) is 39.6 Å². The maximum absolute atomic E-state index is 13.1. The predicted octanol–water partition coefficient (Wildman–Crippen LogP) is 24.2. The minimum atomic E-state index is -5.01. The number of carbonyl (C=O) groups excluding carboxylic acids is 4. The molecule has 606 valence electrons. The van der Waals surface area contributed by atoms with Crippen molar-refractivity contribution in [1.82, 2.24) is 0 Å². The standard InChI is InChI=1S/C87H146O17P2/c1-5-9-13-17-21-25-29-33-36-38-40-42-45-48-52-56-60-64-68-72-85(90)98-78-83(103-86(91)73-69-65-61-57-53-49-44-35-31-27-23-19-15-11-7-3)80-102-106(95,96)100-76-81(88)75-99-105(93,94)101-79-82(77-97-84(89)71-67-63-59-55-51-47-32-28-24-20-16-12-8-4)104-87(92)74-70-66-62-58-54-50-46-43-41-39-37-34-30-26-22-18-14-10-6-2/h21-22,25-28,31-34,36-37,40-43,48,50,52,54,60,62,64,66,81-83,88H,5-20,23-24,29-30,35,38-39,44-47,49,51,53,55-59,61,63,65,67-80H2,1-4H3,(H,93,94)(H,95,96)/b25-21-,26-22-,31-27-,32-28-,36-33-,37-34-,42-40-,43-41-,52-48-,54-50-,64-60-,66-62-/t81-,82+,83+/m0/s1. The molecule has 19 heteroatoms. The smallest absolute Gasteiger partial charge is 0.462 e. The van der Waals surface area contributed by atoms with E-state index < -0.39 is 97.5 Å². The van der Waals surface area contributed by atoms with Crippen molar-refractivity contribution >= 4 is 39.5 Å². The number of carbonyl (C=O) groups is 4. The van der Waals surface area contributed by atoms with E-state index in [1.54, 1.807) is 0 Å². The van der Waals surface area contributed by atoms with Crippen LogP contribution in [0.2, 0.25) is 0 Å². The van der Waals surface area contributed by atoms with Crippen molar-refractivity contribution < 1.29 is 80.2 Å². The molecule has 0 amide bonds. The van der Waals surface area contributed by atoms with Crippen molar-refractivity contribution in [3.8, 4) is 0 Å². The Labute approximate surface area is 643 Å². The zero-order chi connectivity index (χ0) is 77.4. The van der Waals surface area contributed by atoms with Gasteiger partial charge < -0.3 is 33.8 Å². The molecule has 0 aliphatic rings.